The standard InChI is InChI=1S/C12H17NO5S/c1-12(9-14,7-11(15)16)8-13-19(17,18)10-5-3-2-4-6-10/h2-6,13-14H,7-9H2,1H3,(H,15,16). The predicted octanol–water partition coefficient (Wildman–Crippen LogP) is 0.438. The number of rotatable bonds is 7. The zero-order valence-electron chi connectivity index (χ0n) is 10.5. The van der Waals surface area contributed by atoms with Gasteiger partial charge < -0.3 is 10.2 Å². The average Bonchev–Trinajstić information content (AvgIpc) is 2.37. The SMILES string of the molecule is CC(CO)(CNS(=O)(=O)c1ccccc1)CC(=O)O. The highest BCUT2D eigenvalue weighted by Crippen LogP contribution is 2.20. The maximum Gasteiger partial charge on any atom is 0.304 e. The van der Waals surface area contributed by atoms with Crippen LogP contribution in [0.4, 0.5) is 0 Å². The number of nitrogens with one attached hydrogen (secondary N) is 1. The largest absolute Gasteiger partial charge is 0.481 e. The van der Waals surface area contributed by atoms with E-state index >= 15 is 0 Å². The number of benzene rings is 1. The van der Waals surface area contributed by atoms with Crippen molar-refractivity contribution in [2.75, 3.05) is 13.2 Å². The smallest absolute Gasteiger partial charge is 0.304 e. The van der Waals surface area contributed by atoms with Gasteiger partial charge in [-0.05, 0) is 12.1 Å². The Kier molecular flexibility index (Phi) is 5.04. The van der Waals surface area contributed by atoms with E-state index in [1.165, 1.54) is 19.1 Å². The molecule has 1 rings (SSSR count). The zero-order valence-corrected chi connectivity index (χ0v) is 11.4. The van der Waals surface area contributed by atoms with E-state index in [1.54, 1.807) is 18.2 Å². The van der Waals surface area contributed by atoms with Crippen LogP contribution in [0.5, 0.6) is 0 Å². The molecule has 0 radical (unpaired) electrons. The van der Waals surface area contributed by atoms with Crippen molar-refractivity contribution in [1.82, 2.24) is 4.72 Å². The Balaban J connectivity index is 2.77. The highest BCUT2D eigenvalue weighted by atomic mass is 32.2. The first kappa shape index (κ1) is 15.6. The van der Waals surface area contributed by atoms with Gasteiger partial charge in [-0.1, -0.05) is 25.1 Å². The lowest BCUT2D eigenvalue weighted by Crippen LogP contribution is -2.39. The Morgan fingerprint density at radius 1 is 1.32 bits per heavy atom. The third-order valence-corrected chi connectivity index (χ3v) is 4.12. The summed E-state index contributed by atoms with van der Waals surface area (Å²) in [5.74, 6) is -1.09. The Morgan fingerprint density at radius 3 is 2.37 bits per heavy atom. The van der Waals surface area contributed by atoms with Crippen LogP contribution in [0.25, 0.3) is 0 Å². The van der Waals surface area contributed by atoms with Crippen molar-refractivity contribution in [2.24, 2.45) is 5.41 Å². The molecular weight excluding hydrogens is 270 g/mol. The summed E-state index contributed by atoms with van der Waals surface area (Å²) in [7, 11) is -3.69. The second-order valence-corrected chi connectivity index (χ2v) is 6.44. The first-order valence-electron chi connectivity index (χ1n) is 5.66. The molecule has 0 aliphatic rings. The summed E-state index contributed by atoms with van der Waals surface area (Å²) in [6.45, 7) is 0.943. The molecule has 0 fully saturated rings. The lowest BCUT2D eigenvalue weighted by atomic mass is 9.88. The molecule has 0 saturated carbocycles. The summed E-state index contributed by atoms with van der Waals surface area (Å²) in [5, 5.41) is 17.9. The maximum atomic E-state index is 11.9. The van der Waals surface area contributed by atoms with Crippen molar-refractivity contribution in [3.8, 4) is 0 Å². The van der Waals surface area contributed by atoms with Crippen LogP contribution in [0.1, 0.15) is 13.3 Å². The Bertz CT molecular complexity index is 528. The molecule has 0 saturated heterocycles. The molecule has 1 atom stereocenters. The fraction of sp³-hybridized carbons (Fsp3) is 0.417. The molecule has 19 heavy (non-hydrogen) atoms. The molecule has 106 valence electrons. The van der Waals surface area contributed by atoms with E-state index in [0.717, 1.165) is 0 Å². The normalized spacial score (nSPS) is 14.8. The van der Waals surface area contributed by atoms with Gasteiger partial charge in [-0.3, -0.25) is 4.79 Å². The molecule has 0 heterocycles. The van der Waals surface area contributed by atoms with Crippen LogP contribution < -0.4 is 4.72 Å². The zero-order chi connectivity index (χ0) is 14.5. The van der Waals surface area contributed by atoms with Gasteiger partial charge in [-0.2, -0.15) is 0 Å². The molecule has 0 aliphatic carbocycles. The molecule has 3 N–H and O–H groups in total. The lowest BCUT2D eigenvalue weighted by molar-refractivity contribution is -0.140. The Morgan fingerprint density at radius 2 is 1.89 bits per heavy atom. The molecule has 1 aromatic rings. The number of hydrogen-bond donors (Lipinski definition) is 3. The molecule has 0 spiro atoms. The summed E-state index contributed by atoms with van der Waals surface area (Å²) in [4.78, 5) is 10.8. The van der Waals surface area contributed by atoms with Crippen LogP contribution in [0.2, 0.25) is 0 Å². The molecular formula is C12H17NO5S. The van der Waals surface area contributed by atoms with Crippen molar-refractivity contribution < 1.29 is 23.4 Å². The number of carboxylic acid groups (broad SMARTS) is 1. The first-order valence-corrected chi connectivity index (χ1v) is 7.15. The fourth-order valence-corrected chi connectivity index (χ4v) is 2.71. The number of aliphatic carboxylic acids is 1. The first-order chi connectivity index (χ1) is 8.79. The molecule has 0 aromatic heterocycles. The molecule has 7 heteroatoms. The maximum absolute atomic E-state index is 11.9. The van der Waals surface area contributed by atoms with E-state index in [-0.39, 0.29) is 17.9 Å². The number of hydrogen-bond acceptors (Lipinski definition) is 4. The summed E-state index contributed by atoms with van der Waals surface area (Å²) >= 11 is 0. The van der Waals surface area contributed by atoms with Crippen molar-refractivity contribution >= 4 is 16.0 Å². The van der Waals surface area contributed by atoms with Gasteiger partial charge in [0.05, 0.1) is 17.9 Å². The van der Waals surface area contributed by atoms with Gasteiger partial charge in [0.2, 0.25) is 10.0 Å². The van der Waals surface area contributed by atoms with Crippen molar-refractivity contribution in [3.05, 3.63) is 30.3 Å². The van der Waals surface area contributed by atoms with Crippen LogP contribution in [0.15, 0.2) is 35.2 Å². The summed E-state index contributed by atoms with van der Waals surface area (Å²) in [5.41, 5.74) is -1.03. The van der Waals surface area contributed by atoms with E-state index in [4.69, 9.17) is 5.11 Å². The van der Waals surface area contributed by atoms with Crippen molar-refractivity contribution in [3.63, 3.8) is 0 Å². The predicted molar refractivity (Wildman–Crippen MR) is 69.1 cm³/mol. The molecule has 1 unspecified atom stereocenters. The molecule has 0 bridgehead atoms. The molecule has 6 nitrogen and oxygen atoms in total. The van der Waals surface area contributed by atoms with Crippen molar-refractivity contribution in [2.45, 2.75) is 18.2 Å². The number of aliphatic hydroxyl groups excluding tert-OH is 1. The third-order valence-electron chi connectivity index (χ3n) is 2.70. The molecule has 1 aromatic carbocycles. The van der Waals surface area contributed by atoms with Crippen LogP contribution >= 0.6 is 0 Å². The summed E-state index contributed by atoms with van der Waals surface area (Å²) in [6, 6.07) is 7.76. The number of sulfonamides is 1. The van der Waals surface area contributed by atoms with Gasteiger partial charge in [-0.15, -0.1) is 0 Å². The fourth-order valence-electron chi connectivity index (χ4n) is 1.49. The minimum atomic E-state index is -3.69. The van der Waals surface area contributed by atoms with Gasteiger partial charge in [0.1, 0.15) is 0 Å². The van der Waals surface area contributed by atoms with E-state index in [9.17, 15) is 18.3 Å². The average molecular weight is 287 g/mol. The number of carbonyl (C=O) groups is 1. The number of aliphatic hydroxyl groups is 1. The highest BCUT2D eigenvalue weighted by Gasteiger charge is 2.29. The molecule has 0 amide bonds. The van der Waals surface area contributed by atoms with Crippen LogP contribution in [0, 0.1) is 5.41 Å². The second kappa shape index (κ2) is 6.14. The second-order valence-electron chi connectivity index (χ2n) is 4.68. The van der Waals surface area contributed by atoms with Gasteiger partial charge in [-0.25, -0.2) is 13.1 Å². The van der Waals surface area contributed by atoms with Crippen molar-refractivity contribution in [1.29, 1.82) is 0 Å². The van der Waals surface area contributed by atoms with Gasteiger partial charge in [0.15, 0.2) is 0 Å². The van der Waals surface area contributed by atoms with E-state index in [0.29, 0.717) is 0 Å². The number of carboxylic acids is 1. The molecule has 0 aliphatic heterocycles. The van der Waals surface area contributed by atoms with Gasteiger partial charge in [0.25, 0.3) is 0 Å². The highest BCUT2D eigenvalue weighted by molar-refractivity contribution is 7.89. The quantitative estimate of drug-likeness (QED) is 0.675. The van der Waals surface area contributed by atoms with Crippen LogP contribution in [-0.4, -0.2) is 37.8 Å². The topological polar surface area (TPSA) is 104 Å². The summed E-state index contributed by atoms with van der Waals surface area (Å²) in [6.07, 6.45) is -0.319. The minimum absolute atomic E-state index is 0.102. The minimum Gasteiger partial charge on any atom is -0.481 e. The van der Waals surface area contributed by atoms with Gasteiger partial charge in [0, 0.05) is 12.0 Å². The lowest BCUT2D eigenvalue weighted by Gasteiger charge is -2.25. The van der Waals surface area contributed by atoms with Crippen LogP contribution in [-0.2, 0) is 14.8 Å². The third kappa shape index (κ3) is 4.62. The van der Waals surface area contributed by atoms with E-state index in [2.05, 4.69) is 4.72 Å². The van der Waals surface area contributed by atoms with E-state index < -0.39 is 28.0 Å². The Hall–Kier alpha value is -1.44. The van der Waals surface area contributed by atoms with Gasteiger partial charge >= 0.3 is 5.97 Å². The summed E-state index contributed by atoms with van der Waals surface area (Å²) < 4.78 is 26.2. The Labute approximate surface area is 112 Å². The van der Waals surface area contributed by atoms with Crippen LogP contribution in [0.3, 0.4) is 0 Å². The monoisotopic (exact) mass is 287 g/mol. The van der Waals surface area contributed by atoms with E-state index in [1.807, 2.05) is 0 Å².